The average Bonchev–Trinajstić information content (AvgIpc) is 3.16. The maximum absolute atomic E-state index is 12.3. The zero-order valence-corrected chi connectivity index (χ0v) is 13.0. The molecule has 0 amide bonds. The number of carbonyl (C=O) groups is 2. The smallest absolute Gasteiger partial charge is 0.373 e. The Hall–Kier alpha value is -2.40. The first-order chi connectivity index (χ1) is 10.5. The standard InChI is InChI=1S/C17H14O4S/c1-17(15(18)10-13(21-17)16(19)20-2)12-6-3-5-11(9-12)14-7-4-8-22-14/h3-10H,1-2H3. The summed E-state index contributed by atoms with van der Waals surface area (Å²) < 4.78 is 10.2. The molecule has 0 spiro atoms. The highest BCUT2D eigenvalue weighted by molar-refractivity contribution is 7.13. The van der Waals surface area contributed by atoms with Crippen molar-refractivity contribution >= 4 is 23.1 Å². The van der Waals surface area contributed by atoms with Crippen LogP contribution in [0, 0.1) is 0 Å². The van der Waals surface area contributed by atoms with Gasteiger partial charge in [0.2, 0.25) is 11.5 Å². The highest BCUT2D eigenvalue weighted by Gasteiger charge is 2.44. The monoisotopic (exact) mass is 314 g/mol. The first-order valence-electron chi connectivity index (χ1n) is 6.72. The van der Waals surface area contributed by atoms with Gasteiger partial charge in [-0.15, -0.1) is 11.3 Å². The van der Waals surface area contributed by atoms with E-state index in [2.05, 4.69) is 4.74 Å². The Bertz CT molecular complexity index is 761. The third-order valence-electron chi connectivity index (χ3n) is 3.65. The molecule has 1 aliphatic heterocycles. The van der Waals surface area contributed by atoms with Crippen molar-refractivity contribution in [2.24, 2.45) is 0 Å². The summed E-state index contributed by atoms with van der Waals surface area (Å²) in [5.41, 5.74) is 0.520. The molecule has 5 heteroatoms. The summed E-state index contributed by atoms with van der Waals surface area (Å²) in [6.45, 7) is 1.66. The molecule has 0 bridgehead atoms. The third kappa shape index (κ3) is 2.33. The third-order valence-corrected chi connectivity index (χ3v) is 4.57. The van der Waals surface area contributed by atoms with Crippen LogP contribution in [-0.4, -0.2) is 18.9 Å². The zero-order valence-electron chi connectivity index (χ0n) is 12.2. The van der Waals surface area contributed by atoms with Gasteiger partial charge in [-0.1, -0.05) is 24.3 Å². The molecule has 0 saturated heterocycles. The molecule has 0 radical (unpaired) electrons. The Morgan fingerprint density at radius 1 is 1.27 bits per heavy atom. The fourth-order valence-corrected chi connectivity index (χ4v) is 3.09. The second-order valence-electron chi connectivity index (χ2n) is 5.06. The van der Waals surface area contributed by atoms with E-state index in [9.17, 15) is 9.59 Å². The lowest BCUT2D eigenvalue weighted by Gasteiger charge is -2.24. The largest absolute Gasteiger partial charge is 0.467 e. The maximum atomic E-state index is 12.3. The van der Waals surface area contributed by atoms with Crippen LogP contribution in [-0.2, 0) is 24.7 Å². The Labute approximate surface area is 132 Å². The number of thiophene rings is 1. The van der Waals surface area contributed by atoms with Crippen LogP contribution in [0.1, 0.15) is 12.5 Å². The predicted octanol–water partition coefficient (Wildman–Crippen LogP) is 3.29. The lowest BCUT2D eigenvalue weighted by molar-refractivity contribution is -0.144. The van der Waals surface area contributed by atoms with Crippen LogP contribution in [0.25, 0.3) is 10.4 Å². The van der Waals surface area contributed by atoms with E-state index >= 15 is 0 Å². The quantitative estimate of drug-likeness (QED) is 0.816. The van der Waals surface area contributed by atoms with Crippen LogP contribution >= 0.6 is 11.3 Å². The van der Waals surface area contributed by atoms with Crippen molar-refractivity contribution in [1.82, 2.24) is 0 Å². The molecule has 4 nitrogen and oxygen atoms in total. The zero-order chi connectivity index (χ0) is 15.7. The van der Waals surface area contributed by atoms with E-state index in [1.165, 1.54) is 13.2 Å². The predicted molar refractivity (Wildman–Crippen MR) is 83.3 cm³/mol. The van der Waals surface area contributed by atoms with Crippen molar-refractivity contribution < 1.29 is 19.1 Å². The summed E-state index contributed by atoms with van der Waals surface area (Å²) in [4.78, 5) is 25.0. The Kier molecular flexibility index (Phi) is 3.58. The Balaban J connectivity index is 1.96. The van der Waals surface area contributed by atoms with Gasteiger partial charge >= 0.3 is 5.97 Å². The van der Waals surface area contributed by atoms with E-state index in [0.717, 1.165) is 10.4 Å². The second kappa shape index (κ2) is 5.42. The van der Waals surface area contributed by atoms with Crippen molar-refractivity contribution in [1.29, 1.82) is 0 Å². The van der Waals surface area contributed by atoms with Gasteiger partial charge < -0.3 is 9.47 Å². The normalized spacial score (nSPS) is 20.5. The molecule has 1 aliphatic rings. The number of ketones is 1. The Morgan fingerprint density at radius 2 is 2.09 bits per heavy atom. The Morgan fingerprint density at radius 3 is 2.77 bits per heavy atom. The molecule has 1 unspecified atom stereocenters. The SMILES string of the molecule is COC(=O)C1=CC(=O)C(C)(c2cccc(-c3cccs3)c2)O1. The van der Waals surface area contributed by atoms with E-state index in [-0.39, 0.29) is 11.5 Å². The molecule has 0 N–H and O–H groups in total. The van der Waals surface area contributed by atoms with E-state index in [4.69, 9.17) is 4.74 Å². The summed E-state index contributed by atoms with van der Waals surface area (Å²) >= 11 is 1.62. The molecule has 0 fully saturated rings. The van der Waals surface area contributed by atoms with Crippen LogP contribution < -0.4 is 0 Å². The molecule has 2 aromatic rings. The maximum Gasteiger partial charge on any atom is 0.373 e. The fraction of sp³-hybridized carbons (Fsp3) is 0.176. The van der Waals surface area contributed by atoms with E-state index in [1.807, 2.05) is 41.8 Å². The molecule has 1 aromatic carbocycles. The van der Waals surface area contributed by atoms with E-state index in [1.54, 1.807) is 18.3 Å². The van der Waals surface area contributed by atoms with Gasteiger partial charge in [0.25, 0.3) is 0 Å². The molecule has 2 heterocycles. The van der Waals surface area contributed by atoms with Gasteiger partial charge in [-0.3, -0.25) is 4.79 Å². The summed E-state index contributed by atoms with van der Waals surface area (Å²) in [6.07, 6.45) is 1.20. The van der Waals surface area contributed by atoms with Crippen LogP contribution in [0.2, 0.25) is 0 Å². The van der Waals surface area contributed by atoms with Crippen molar-refractivity contribution in [2.75, 3.05) is 7.11 Å². The fourth-order valence-electron chi connectivity index (χ4n) is 2.37. The number of hydrogen-bond donors (Lipinski definition) is 0. The number of methoxy groups -OCH3 is 1. The number of benzene rings is 1. The lowest BCUT2D eigenvalue weighted by Crippen LogP contribution is -2.30. The van der Waals surface area contributed by atoms with Crippen molar-refractivity contribution in [2.45, 2.75) is 12.5 Å². The average molecular weight is 314 g/mol. The minimum atomic E-state index is -1.20. The molecule has 3 rings (SSSR count). The summed E-state index contributed by atoms with van der Waals surface area (Å²) in [5.74, 6) is -0.973. The van der Waals surface area contributed by atoms with Gasteiger partial charge in [0.1, 0.15) is 0 Å². The topological polar surface area (TPSA) is 52.6 Å². The van der Waals surface area contributed by atoms with Crippen molar-refractivity contribution in [3.63, 3.8) is 0 Å². The lowest BCUT2D eigenvalue weighted by atomic mass is 9.91. The van der Waals surface area contributed by atoms with Gasteiger partial charge in [0.15, 0.2) is 5.60 Å². The van der Waals surface area contributed by atoms with E-state index in [0.29, 0.717) is 5.56 Å². The van der Waals surface area contributed by atoms with Gasteiger partial charge in [-0.2, -0.15) is 0 Å². The summed E-state index contributed by atoms with van der Waals surface area (Å²) in [6, 6.07) is 11.6. The number of carbonyl (C=O) groups excluding carboxylic acids is 2. The van der Waals surface area contributed by atoms with Crippen LogP contribution in [0.4, 0.5) is 0 Å². The molecule has 1 atom stereocenters. The number of ether oxygens (including phenoxy) is 2. The molecule has 112 valence electrons. The highest BCUT2D eigenvalue weighted by Crippen LogP contribution is 2.37. The molecular formula is C17H14O4S. The molecule has 22 heavy (non-hydrogen) atoms. The molecule has 0 saturated carbocycles. The van der Waals surface area contributed by atoms with Crippen molar-refractivity contribution in [3.05, 3.63) is 59.2 Å². The first-order valence-corrected chi connectivity index (χ1v) is 7.60. The van der Waals surface area contributed by atoms with E-state index < -0.39 is 11.6 Å². The van der Waals surface area contributed by atoms with Gasteiger partial charge in [-0.25, -0.2) is 4.79 Å². The minimum absolute atomic E-state index is 0.0588. The number of hydrogen-bond acceptors (Lipinski definition) is 5. The van der Waals surface area contributed by atoms with Gasteiger partial charge in [0.05, 0.1) is 7.11 Å². The van der Waals surface area contributed by atoms with Gasteiger partial charge in [-0.05, 0) is 30.0 Å². The van der Waals surface area contributed by atoms with Crippen LogP contribution in [0.5, 0.6) is 0 Å². The summed E-state index contributed by atoms with van der Waals surface area (Å²) in [5, 5.41) is 2.00. The first kappa shape index (κ1) is 14.5. The molecule has 1 aromatic heterocycles. The van der Waals surface area contributed by atoms with Crippen molar-refractivity contribution in [3.8, 4) is 10.4 Å². The molecular weight excluding hydrogens is 300 g/mol. The molecule has 0 aliphatic carbocycles. The number of rotatable bonds is 3. The van der Waals surface area contributed by atoms with Crippen LogP contribution in [0.15, 0.2) is 53.6 Å². The minimum Gasteiger partial charge on any atom is -0.467 e. The highest BCUT2D eigenvalue weighted by atomic mass is 32.1. The van der Waals surface area contributed by atoms with Gasteiger partial charge in [0, 0.05) is 16.5 Å². The summed E-state index contributed by atoms with van der Waals surface area (Å²) in [7, 11) is 1.25. The second-order valence-corrected chi connectivity index (χ2v) is 6.01. The number of esters is 1. The van der Waals surface area contributed by atoms with Crippen LogP contribution in [0.3, 0.4) is 0 Å².